The second-order valence-corrected chi connectivity index (χ2v) is 5.84. The molecule has 0 aliphatic heterocycles. The zero-order valence-electron chi connectivity index (χ0n) is 12.3. The quantitative estimate of drug-likeness (QED) is 0.913. The maximum atomic E-state index is 12.2. The number of nitrogens with one attached hydrogen (secondary N) is 1. The molecule has 0 radical (unpaired) electrons. The third-order valence-electron chi connectivity index (χ3n) is 4.23. The minimum absolute atomic E-state index is 0.0149. The SMILES string of the molecule is O=C(NCC1CCCCC1)c1cc(=O)c2c(O)cccc2o1. The van der Waals surface area contributed by atoms with Gasteiger partial charge in [-0.15, -0.1) is 0 Å². The summed E-state index contributed by atoms with van der Waals surface area (Å²) in [6, 6.07) is 5.69. The van der Waals surface area contributed by atoms with Crippen molar-refractivity contribution in [2.45, 2.75) is 32.1 Å². The Hall–Kier alpha value is -2.30. The van der Waals surface area contributed by atoms with Crippen LogP contribution in [0, 0.1) is 5.92 Å². The Bertz CT molecular complexity index is 744. The topological polar surface area (TPSA) is 79.5 Å². The van der Waals surface area contributed by atoms with Crippen molar-refractivity contribution in [2.24, 2.45) is 5.92 Å². The maximum absolute atomic E-state index is 12.2. The monoisotopic (exact) mass is 301 g/mol. The highest BCUT2D eigenvalue weighted by Gasteiger charge is 2.17. The lowest BCUT2D eigenvalue weighted by atomic mass is 9.89. The van der Waals surface area contributed by atoms with E-state index in [4.69, 9.17) is 4.42 Å². The molecule has 1 aliphatic rings. The first-order valence-corrected chi connectivity index (χ1v) is 7.69. The molecule has 1 aromatic heterocycles. The third kappa shape index (κ3) is 2.98. The number of amides is 1. The van der Waals surface area contributed by atoms with E-state index < -0.39 is 5.43 Å². The van der Waals surface area contributed by atoms with Crippen molar-refractivity contribution in [3.05, 3.63) is 40.2 Å². The molecule has 1 saturated carbocycles. The van der Waals surface area contributed by atoms with Crippen LogP contribution in [0.3, 0.4) is 0 Å². The molecular weight excluding hydrogens is 282 g/mol. The molecule has 0 bridgehead atoms. The fourth-order valence-electron chi connectivity index (χ4n) is 3.02. The standard InChI is InChI=1S/C17H19NO4/c19-12-7-4-8-14-16(12)13(20)9-15(22-14)17(21)18-10-11-5-2-1-3-6-11/h4,7-9,11,19H,1-3,5-6,10H2,(H,18,21). The van der Waals surface area contributed by atoms with Gasteiger partial charge in [0.05, 0.1) is 0 Å². The number of hydrogen-bond acceptors (Lipinski definition) is 4. The molecule has 0 spiro atoms. The molecule has 1 heterocycles. The first-order chi connectivity index (χ1) is 10.6. The average molecular weight is 301 g/mol. The molecule has 1 aliphatic carbocycles. The molecule has 1 aromatic carbocycles. The minimum atomic E-state index is -0.415. The van der Waals surface area contributed by atoms with Gasteiger partial charge in [-0.05, 0) is 30.9 Å². The van der Waals surface area contributed by atoms with Gasteiger partial charge in [-0.1, -0.05) is 25.3 Å². The Kier molecular flexibility index (Phi) is 4.13. The van der Waals surface area contributed by atoms with Crippen LogP contribution in [0.25, 0.3) is 11.0 Å². The molecule has 2 aromatic rings. The van der Waals surface area contributed by atoms with Crippen LogP contribution in [0.15, 0.2) is 33.5 Å². The normalized spacial score (nSPS) is 15.8. The van der Waals surface area contributed by atoms with Crippen molar-refractivity contribution in [2.75, 3.05) is 6.54 Å². The second-order valence-electron chi connectivity index (χ2n) is 5.84. The van der Waals surface area contributed by atoms with Crippen LogP contribution in [0.4, 0.5) is 0 Å². The van der Waals surface area contributed by atoms with Gasteiger partial charge in [-0.2, -0.15) is 0 Å². The van der Waals surface area contributed by atoms with E-state index in [1.54, 1.807) is 12.1 Å². The van der Waals surface area contributed by atoms with Gasteiger partial charge < -0.3 is 14.8 Å². The first-order valence-electron chi connectivity index (χ1n) is 7.69. The maximum Gasteiger partial charge on any atom is 0.287 e. The van der Waals surface area contributed by atoms with E-state index in [2.05, 4.69) is 5.32 Å². The van der Waals surface area contributed by atoms with E-state index in [1.807, 2.05) is 0 Å². The number of aromatic hydroxyl groups is 1. The van der Waals surface area contributed by atoms with Gasteiger partial charge in [0.15, 0.2) is 11.2 Å². The molecule has 5 nitrogen and oxygen atoms in total. The van der Waals surface area contributed by atoms with E-state index in [1.165, 1.54) is 25.3 Å². The number of phenolic OH excluding ortho intramolecular Hbond substituents is 1. The number of carbonyl (C=O) groups excluding carboxylic acids is 1. The van der Waals surface area contributed by atoms with Crippen molar-refractivity contribution in [1.82, 2.24) is 5.32 Å². The van der Waals surface area contributed by atoms with Gasteiger partial charge in [0.2, 0.25) is 0 Å². The van der Waals surface area contributed by atoms with E-state index in [0.717, 1.165) is 18.9 Å². The van der Waals surface area contributed by atoms with Crippen molar-refractivity contribution in [1.29, 1.82) is 0 Å². The van der Waals surface area contributed by atoms with Gasteiger partial charge in [0.1, 0.15) is 16.7 Å². The molecule has 0 saturated heterocycles. The lowest BCUT2D eigenvalue weighted by Crippen LogP contribution is -2.30. The zero-order chi connectivity index (χ0) is 15.5. The smallest absolute Gasteiger partial charge is 0.287 e. The lowest BCUT2D eigenvalue weighted by molar-refractivity contribution is 0.0916. The number of carbonyl (C=O) groups is 1. The van der Waals surface area contributed by atoms with Crippen molar-refractivity contribution >= 4 is 16.9 Å². The van der Waals surface area contributed by atoms with E-state index in [9.17, 15) is 14.7 Å². The van der Waals surface area contributed by atoms with Crippen LogP contribution in [-0.4, -0.2) is 17.6 Å². The zero-order valence-corrected chi connectivity index (χ0v) is 12.3. The Labute approximate surface area is 127 Å². The van der Waals surface area contributed by atoms with Crippen LogP contribution in [0.1, 0.15) is 42.7 Å². The molecule has 1 amide bonds. The molecule has 1 fully saturated rings. The number of rotatable bonds is 3. The number of fused-ring (bicyclic) bond motifs is 1. The highest BCUT2D eigenvalue weighted by atomic mass is 16.3. The summed E-state index contributed by atoms with van der Waals surface area (Å²) < 4.78 is 5.45. The highest BCUT2D eigenvalue weighted by molar-refractivity contribution is 5.93. The predicted octanol–water partition coefficient (Wildman–Crippen LogP) is 2.81. The molecule has 116 valence electrons. The van der Waals surface area contributed by atoms with Gasteiger partial charge in [0, 0.05) is 12.6 Å². The Balaban J connectivity index is 1.78. The fourth-order valence-corrected chi connectivity index (χ4v) is 3.02. The lowest BCUT2D eigenvalue weighted by Gasteiger charge is -2.21. The molecule has 0 unspecified atom stereocenters. The summed E-state index contributed by atoms with van der Waals surface area (Å²) in [6.07, 6.45) is 5.97. The van der Waals surface area contributed by atoms with Crippen LogP contribution in [-0.2, 0) is 0 Å². The summed E-state index contributed by atoms with van der Waals surface area (Å²) in [4.78, 5) is 24.2. The van der Waals surface area contributed by atoms with E-state index in [-0.39, 0.29) is 28.4 Å². The molecule has 22 heavy (non-hydrogen) atoms. The Morgan fingerprint density at radius 2 is 2.05 bits per heavy atom. The summed E-state index contributed by atoms with van der Waals surface area (Å²) in [5.74, 6) is -0.0267. The van der Waals surface area contributed by atoms with Crippen molar-refractivity contribution < 1.29 is 14.3 Å². The van der Waals surface area contributed by atoms with Crippen molar-refractivity contribution in [3.8, 4) is 5.75 Å². The number of phenols is 1. The van der Waals surface area contributed by atoms with E-state index in [0.29, 0.717) is 12.5 Å². The van der Waals surface area contributed by atoms with Gasteiger partial charge >= 0.3 is 0 Å². The van der Waals surface area contributed by atoms with Gasteiger partial charge in [-0.25, -0.2) is 0 Å². The summed E-state index contributed by atoms with van der Waals surface area (Å²) in [6.45, 7) is 0.612. The second kappa shape index (κ2) is 6.22. The Morgan fingerprint density at radius 1 is 1.27 bits per heavy atom. The first kappa shape index (κ1) is 14.6. The highest BCUT2D eigenvalue weighted by Crippen LogP contribution is 2.23. The van der Waals surface area contributed by atoms with E-state index >= 15 is 0 Å². The third-order valence-corrected chi connectivity index (χ3v) is 4.23. The number of hydrogen-bond donors (Lipinski definition) is 2. The summed E-state index contributed by atoms with van der Waals surface area (Å²) in [5.41, 5.74) is -0.197. The van der Waals surface area contributed by atoms with Crippen LogP contribution in [0.2, 0.25) is 0 Å². The molecule has 5 heteroatoms. The van der Waals surface area contributed by atoms with Crippen LogP contribution < -0.4 is 10.7 Å². The summed E-state index contributed by atoms with van der Waals surface area (Å²) in [5, 5.41) is 12.6. The molecular formula is C17H19NO4. The largest absolute Gasteiger partial charge is 0.507 e. The molecule has 2 N–H and O–H groups in total. The van der Waals surface area contributed by atoms with Crippen LogP contribution in [0.5, 0.6) is 5.75 Å². The average Bonchev–Trinajstić information content (AvgIpc) is 2.53. The van der Waals surface area contributed by atoms with Crippen molar-refractivity contribution in [3.63, 3.8) is 0 Å². The fraction of sp³-hybridized carbons (Fsp3) is 0.412. The summed E-state index contributed by atoms with van der Waals surface area (Å²) >= 11 is 0. The Morgan fingerprint density at radius 3 is 2.82 bits per heavy atom. The van der Waals surface area contributed by atoms with Gasteiger partial charge in [-0.3, -0.25) is 9.59 Å². The minimum Gasteiger partial charge on any atom is -0.507 e. The van der Waals surface area contributed by atoms with Crippen LogP contribution >= 0.6 is 0 Å². The summed E-state index contributed by atoms with van der Waals surface area (Å²) in [7, 11) is 0. The van der Waals surface area contributed by atoms with Gasteiger partial charge in [0.25, 0.3) is 5.91 Å². The molecule has 3 rings (SSSR count). The predicted molar refractivity (Wildman–Crippen MR) is 83.1 cm³/mol. The molecule has 0 atom stereocenters. The number of benzene rings is 1.